The van der Waals surface area contributed by atoms with Gasteiger partial charge in [-0.15, -0.1) is 0 Å². The molecule has 0 fully saturated rings. The Bertz CT molecular complexity index is 480. The van der Waals surface area contributed by atoms with Crippen molar-refractivity contribution in [3.63, 3.8) is 0 Å². The first kappa shape index (κ1) is 13.5. The van der Waals surface area contributed by atoms with Crippen LogP contribution in [-0.2, 0) is 6.42 Å². The Hall–Kier alpha value is -1.96. The lowest BCUT2D eigenvalue weighted by Crippen LogP contribution is -2.00. The fourth-order valence-corrected chi connectivity index (χ4v) is 1.93. The summed E-state index contributed by atoms with van der Waals surface area (Å²) < 4.78 is 11.2. The normalized spacial score (nSPS) is 10.2. The second kappa shape index (κ2) is 7.47. The molecular formula is C17H20O2. The SMILES string of the molecule is CCOc1cccc(OCCCc2ccccc2)c1. The number of hydrogen-bond donors (Lipinski definition) is 0. The monoisotopic (exact) mass is 256 g/mol. The largest absolute Gasteiger partial charge is 0.494 e. The minimum absolute atomic E-state index is 0.678. The number of benzene rings is 2. The minimum Gasteiger partial charge on any atom is -0.494 e. The number of rotatable bonds is 7. The molecule has 2 heteroatoms. The van der Waals surface area contributed by atoms with E-state index in [4.69, 9.17) is 9.47 Å². The Balaban J connectivity index is 1.75. The highest BCUT2D eigenvalue weighted by Crippen LogP contribution is 2.19. The number of ether oxygens (including phenoxy) is 2. The van der Waals surface area contributed by atoms with Crippen molar-refractivity contribution in [1.29, 1.82) is 0 Å². The predicted octanol–water partition coefficient (Wildman–Crippen LogP) is 4.10. The van der Waals surface area contributed by atoms with Crippen LogP contribution in [0.15, 0.2) is 54.6 Å². The molecule has 0 aliphatic rings. The third kappa shape index (κ3) is 4.66. The Labute approximate surface area is 115 Å². The second-order valence-electron chi connectivity index (χ2n) is 4.35. The maximum atomic E-state index is 5.73. The van der Waals surface area contributed by atoms with E-state index in [2.05, 4.69) is 24.3 Å². The van der Waals surface area contributed by atoms with Gasteiger partial charge in [-0.05, 0) is 37.5 Å². The summed E-state index contributed by atoms with van der Waals surface area (Å²) in [4.78, 5) is 0. The molecule has 0 amide bonds. The Kier molecular flexibility index (Phi) is 5.30. The predicted molar refractivity (Wildman–Crippen MR) is 77.9 cm³/mol. The Morgan fingerprint density at radius 1 is 0.842 bits per heavy atom. The van der Waals surface area contributed by atoms with Crippen molar-refractivity contribution in [3.8, 4) is 11.5 Å². The van der Waals surface area contributed by atoms with Crippen LogP contribution in [-0.4, -0.2) is 13.2 Å². The van der Waals surface area contributed by atoms with Crippen molar-refractivity contribution in [3.05, 3.63) is 60.2 Å². The molecule has 2 aromatic carbocycles. The molecule has 0 unspecified atom stereocenters. The third-order valence-electron chi connectivity index (χ3n) is 2.84. The van der Waals surface area contributed by atoms with Gasteiger partial charge in [-0.2, -0.15) is 0 Å². The third-order valence-corrected chi connectivity index (χ3v) is 2.84. The van der Waals surface area contributed by atoms with Crippen molar-refractivity contribution >= 4 is 0 Å². The van der Waals surface area contributed by atoms with Gasteiger partial charge in [0.25, 0.3) is 0 Å². The van der Waals surface area contributed by atoms with Crippen LogP contribution in [0.3, 0.4) is 0 Å². The first-order valence-electron chi connectivity index (χ1n) is 6.78. The van der Waals surface area contributed by atoms with Gasteiger partial charge in [0.05, 0.1) is 13.2 Å². The van der Waals surface area contributed by atoms with Crippen LogP contribution in [0.5, 0.6) is 11.5 Å². The quantitative estimate of drug-likeness (QED) is 0.694. The molecule has 0 saturated heterocycles. The fraction of sp³-hybridized carbons (Fsp3) is 0.294. The average molecular weight is 256 g/mol. The summed E-state index contributed by atoms with van der Waals surface area (Å²) in [5, 5.41) is 0. The van der Waals surface area contributed by atoms with Crippen molar-refractivity contribution in [1.82, 2.24) is 0 Å². The highest BCUT2D eigenvalue weighted by molar-refractivity contribution is 5.32. The molecule has 0 aliphatic heterocycles. The van der Waals surface area contributed by atoms with E-state index in [1.165, 1.54) is 5.56 Å². The molecule has 0 bridgehead atoms. The molecular weight excluding hydrogens is 236 g/mol. The molecule has 2 rings (SSSR count). The van der Waals surface area contributed by atoms with Crippen LogP contribution < -0.4 is 9.47 Å². The zero-order chi connectivity index (χ0) is 13.3. The molecule has 2 nitrogen and oxygen atoms in total. The summed E-state index contributed by atoms with van der Waals surface area (Å²) in [6, 6.07) is 18.3. The van der Waals surface area contributed by atoms with Gasteiger partial charge in [0.15, 0.2) is 0 Å². The van der Waals surface area contributed by atoms with Gasteiger partial charge >= 0.3 is 0 Å². The van der Waals surface area contributed by atoms with Crippen LogP contribution in [0.2, 0.25) is 0 Å². The lowest BCUT2D eigenvalue weighted by molar-refractivity contribution is 0.304. The molecule has 0 aliphatic carbocycles. The van der Waals surface area contributed by atoms with Crippen molar-refractivity contribution < 1.29 is 9.47 Å². The van der Waals surface area contributed by atoms with E-state index in [0.717, 1.165) is 30.9 Å². The maximum absolute atomic E-state index is 5.73. The van der Waals surface area contributed by atoms with Gasteiger partial charge < -0.3 is 9.47 Å². The smallest absolute Gasteiger partial charge is 0.122 e. The summed E-state index contributed by atoms with van der Waals surface area (Å²) in [5.41, 5.74) is 1.36. The average Bonchev–Trinajstić information content (AvgIpc) is 2.46. The molecule has 0 N–H and O–H groups in total. The van der Waals surface area contributed by atoms with Gasteiger partial charge in [-0.25, -0.2) is 0 Å². The van der Waals surface area contributed by atoms with Crippen LogP contribution in [0.25, 0.3) is 0 Å². The topological polar surface area (TPSA) is 18.5 Å². The van der Waals surface area contributed by atoms with Gasteiger partial charge in [0.1, 0.15) is 11.5 Å². The zero-order valence-corrected chi connectivity index (χ0v) is 11.3. The van der Waals surface area contributed by atoms with E-state index in [0.29, 0.717) is 6.61 Å². The highest BCUT2D eigenvalue weighted by atomic mass is 16.5. The van der Waals surface area contributed by atoms with E-state index in [1.54, 1.807) is 0 Å². The summed E-state index contributed by atoms with van der Waals surface area (Å²) in [6.07, 6.45) is 2.06. The van der Waals surface area contributed by atoms with E-state index >= 15 is 0 Å². The highest BCUT2D eigenvalue weighted by Gasteiger charge is 1.98. The summed E-state index contributed by atoms with van der Waals surface area (Å²) in [7, 11) is 0. The molecule has 0 spiro atoms. The first-order valence-corrected chi connectivity index (χ1v) is 6.78. The van der Waals surface area contributed by atoms with Gasteiger partial charge in [-0.3, -0.25) is 0 Å². The molecule has 0 heterocycles. The molecule has 2 aromatic rings. The summed E-state index contributed by atoms with van der Waals surface area (Å²) in [5.74, 6) is 1.74. The van der Waals surface area contributed by atoms with Crippen molar-refractivity contribution in [2.45, 2.75) is 19.8 Å². The molecule has 100 valence electrons. The van der Waals surface area contributed by atoms with Gasteiger partial charge in [-0.1, -0.05) is 36.4 Å². The second-order valence-corrected chi connectivity index (χ2v) is 4.35. The zero-order valence-electron chi connectivity index (χ0n) is 11.3. The van der Waals surface area contributed by atoms with Gasteiger partial charge in [0.2, 0.25) is 0 Å². The van der Waals surface area contributed by atoms with Crippen molar-refractivity contribution in [2.75, 3.05) is 13.2 Å². The van der Waals surface area contributed by atoms with Crippen molar-refractivity contribution in [2.24, 2.45) is 0 Å². The molecule has 0 saturated carbocycles. The Morgan fingerprint density at radius 2 is 1.58 bits per heavy atom. The molecule has 0 radical (unpaired) electrons. The van der Waals surface area contributed by atoms with E-state index < -0.39 is 0 Å². The van der Waals surface area contributed by atoms with Gasteiger partial charge in [0, 0.05) is 6.07 Å². The standard InChI is InChI=1S/C17H20O2/c1-2-18-16-11-6-12-17(14-16)19-13-7-10-15-8-4-3-5-9-15/h3-6,8-9,11-12,14H,2,7,10,13H2,1H3. The Morgan fingerprint density at radius 3 is 2.32 bits per heavy atom. The maximum Gasteiger partial charge on any atom is 0.122 e. The summed E-state index contributed by atoms with van der Waals surface area (Å²) >= 11 is 0. The van der Waals surface area contributed by atoms with Crippen LogP contribution in [0.4, 0.5) is 0 Å². The number of aryl methyl sites for hydroxylation is 1. The fourth-order valence-electron chi connectivity index (χ4n) is 1.93. The first-order chi connectivity index (χ1) is 9.38. The van der Waals surface area contributed by atoms with E-state index in [1.807, 2.05) is 37.3 Å². The van der Waals surface area contributed by atoms with Crippen LogP contribution in [0, 0.1) is 0 Å². The minimum atomic E-state index is 0.678. The lowest BCUT2D eigenvalue weighted by atomic mass is 10.1. The molecule has 0 aromatic heterocycles. The van der Waals surface area contributed by atoms with E-state index in [9.17, 15) is 0 Å². The van der Waals surface area contributed by atoms with E-state index in [-0.39, 0.29) is 0 Å². The van der Waals surface area contributed by atoms with Crippen LogP contribution in [0.1, 0.15) is 18.9 Å². The lowest BCUT2D eigenvalue weighted by Gasteiger charge is -2.08. The molecule has 0 atom stereocenters. The molecule has 19 heavy (non-hydrogen) atoms. The summed E-state index contributed by atoms with van der Waals surface area (Å²) in [6.45, 7) is 3.38. The van der Waals surface area contributed by atoms with Crippen LogP contribution >= 0.6 is 0 Å². The number of hydrogen-bond acceptors (Lipinski definition) is 2.